The number of amides is 1. The average Bonchev–Trinajstić information content (AvgIpc) is 3.25. The topological polar surface area (TPSA) is 101 Å². The van der Waals surface area contributed by atoms with E-state index in [1.54, 1.807) is 6.08 Å². The van der Waals surface area contributed by atoms with E-state index in [0.29, 0.717) is 21.1 Å². The second-order valence-electron chi connectivity index (χ2n) is 7.01. The van der Waals surface area contributed by atoms with Crippen molar-refractivity contribution in [3.63, 3.8) is 0 Å². The van der Waals surface area contributed by atoms with Crippen LogP contribution in [0.15, 0.2) is 82.6 Å². The maximum absolute atomic E-state index is 13.3. The number of carbonyl (C=O) groups excluding carboxylic acids is 1. The highest BCUT2D eigenvalue weighted by Crippen LogP contribution is 2.32. The van der Waals surface area contributed by atoms with Crippen LogP contribution in [0, 0.1) is 0 Å². The van der Waals surface area contributed by atoms with Crippen molar-refractivity contribution in [1.82, 2.24) is 9.55 Å². The molecule has 2 aromatic carbocycles. The van der Waals surface area contributed by atoms with Crippen LogP contribution in [-0.2, 0) is 11.3 Å². The highest BCUT2D eigenvalue weighted by Gasteiger charge is 2.18. The molecule has 1 amide bonds. The standard InChI is InChI=1S/C24H19N3O4S2/c1-2-12-27-22(29)20-18(15-6-4-3-5-7-15)13-32-21(20)26-24(27)33-14-19(28)25-17-10-8-16(9-11-17)23(30)31/h2-11,13H,1,12,14H2,(H,25,28)(H,30,31). The molecule has 0 saturated carbocycles. The van der Waals surface area contributed by atoms with E-state index in [-0.39, 0.29) is 29.3 Å². The Balaban J connectivity index is 1.57. The van der Waals surface area contributed by atoms with Crippen LogP contribution in [0.3, 0.4) is 0 Å². The fourth-order valence-electron chi connectivity index (χ4n) is 3.26. The van der Waals surface area contributed by atoms with Gasteiger partial charge in [-0.05, 0) is 29.8 Å². The molecule has 7 nitrogen and oxygen atoms in total. The Kier molecular flexibility index (Phi) is 6.71. The minimum atomic E-state index is -1.03. The maximum atomic E-state index is 13.3. The molecule has 33 heavy (non-hydrogen) atoms. The summed E-state index contributed by atoms with van der Waals surface area (Å²) in [5, 5.41) is 14.6. The van der Waals surface area contributed by atoms with Gasteiger partial charge in [-0.25, -0.2) is 9.78 Å². The number of hydrogen-bond acceptors (Lipinski definition) is 6. The Morgan fingerprint density at radius 3 is 2.55 bits per heavy atom. The third-order valence-electron chi connectivity index (χ3n) is 4.80. The van der Waals surface area contributed by atoms with Gasteiger partial charge in [-0.3, -0.25) is 14.2 Å². The highest BCUT2D eigenvalue weighted by atomic mass is 32.2. The largest absolute Gasteiger partial charge is 0.478 e. The molecule has 0 fully saturated rings. The molecule has 0 unspecified atom stereocenters. The quantitative estimate of drug-likeness (QED) is 0.216. The molecule has 166 valence electrons. The van der Waals surface area contributed by atoms with Gasteiger partial charge in [-0.15, -0.1) is 17.9 Å². The van der Waals surface area contributed by atoms with Gasteiger partial charge in [0, 0.05) is 23.2 Å². The van der Waals surface area contributed by atoms with Gasteiger partial charge in [-0.1, -0.05) is 48.2 Å². The fourth-order valence-corrected chi connectivity index (χ4v) is 5.06. The van der Waals surface area contributed by atoms with Gasteiger partial charge in [0.05, 0.1) is 16.7 Å². The van der Waals surface area contributed by atoms with Gasteiger partial charge < -0.3 is 10.4 Å². The molecule has 0 saturated heterocycles. The number of thiophene rings is 1. The summed E-state index contributed by atoms with van der Waals surface area (Å²) >= 11 is 2.55. The van der Waals surface area contributed by atoms with Crippen LogP contribution in [0.1, 0.15) is 10.4 Å². The number of anilines is 1. The summed E-state index contributed by atoms with van der Waals surface area (Å²) in [6.07, 6.45) is 1.62. The third-order valence-corrected chi connectivity index (χ3v) is 6.65. The van der Waals surface area contributed by atoms with Crippen LogP contribution in [0.2, 0.25) is 0 Å². The van der Waals surface area contributed by atoms with Crippen LogP contribution in [0.5, 0.6) is 0 Å². The number of aromatic carboxylic acids is 1. The van der Waals surface area contributed by atoms with Gasteiger partial charge in [-0.2, -0.15) is 0 Å². The molecule has 0 bridgehead atoms. The first kappa shape index (κ1) is 22.5. The lowest BCUT2D eigenvalue weighted by atomic mass is 10.1. The van der Waals surface area contributed by atoms with Crippen molar-refractivity contribution >= 4 is 50.9 Å². The predicted molar refractivity (Wildman–Crippen MR) is 132 cm³/mol. The van der Waals surface area contributed by atoms with Gasteiger partial charge in [0.2, 0.25) is 5.91 Å². The molecule has 2 N–H and O–H groups in total. The van der Waals surface area contributed by atoms with Crippen LogP contribution >= 0.6 is 23.1 Å². The number of carbonyl (C=O) groups is 2. The van der Waals surface area contributed by atoms with E-state index in [4.69, 9.17) is 5.11 Å². The van der Waals surface area contributed by atoms with E-state index < -0.39 is 5.97 Å². The van der Waals surface area contributed by atoms with Gasteiger partial charge in [0.25, 0.3) is 5.56 Å². The van der Waals surface area contributed by atoms with Crippen LogP contribution in [0.4, 0.5) is 5.69 Å². The van der Waals surface area contributed by atoms with Crippen molar-refractivity contribution in [1.29, 1.82) is 0 Å². The molecule has 0 aliphatic rings. The fraction of sp³-hybridized carbons (Fsp3) is 0.0833. The molecule has 0 radical (unpaired) electrons. The summed E-state index contributed by atoms with van der Waals surface area (Å²) in [6, 6.07) is 15.6. The number of aromatic nitrogens is 2. The second-order valence-corrected chi connectivity index (χ2v) is 8.81. The monoisotopic (exact) mass is 477 g/mol. The number of fused-ring (bicyclic) bond motifs is 1. The zero-order chi connectivity index (χ0) is 23.4. The minimum absolute atomic E-state index is 0.0344. The SMILES string of the molecule is C=CCn1c(SCC(=O)Nc2ccc(C(=O)O)cc2)nc2scc(-c3ccccc3)c2c1=O. The number of nitrogens with zero attached hydrogens (tertiary/aromatic N) is 2. The van der Waals surface area contributed by atoms with E-state index >= 15 is 0 Å². The first-order chi connectivity index (χ1) is 16.0. The Morgan fingerprint density at radius 1 is 1.15 bits per heavy atom. The molecule has 2 aromatic heterocycles. The maximum Gasteiger partial charge on any atom is 0.335 e. The molecule has 0 atom stereocenters. The van der Waals surface area contributed by atoms with Gasteiger partial charge >= 0.3 is 5.97 Å². The lowest BCUT2D eigenvalue weighted by Gasteiger charge is -2.11. The van der Waals surface area contributed by atoms with Gasteiger partial charge in [0.1, 0.15) is 4.83 Å². The number of thioether (sulfide) groups is 1. The molecule has 4 rings (SSSR count). The first-order valence-corrected chi connectivity index (χ1v) is 11.8. The van der Waals surface area contributed by atoms with Gasteiger partial charge in [0.15, 0.2) is 5.16 Å². The summed E-state index contributed by atoms with van der Waals surface area (Å²) in [4.78, 5) is 42.0. The lowest BCUT2D eigenvalue weighted by Crippen LogP contribution is -2.23. The minimum Gasteiger partial charge on any atom is -0.478 e. The summed E-state index contributed by atoms with van der Waals surface area (Å²) in [5.74, 6) is -1.29. The molecule has 4 aromatic rings. The summed E-state index contributed by atoms with van der Waals surface area (Å²) in [5.41, 5.74) is 2.24. The summed E-state index contributed by atoms with van der Waals surface area (Å²) in [7, 11) is 0. The first-order valence-electron chi connectivity index (χ1n) is 9.92. The Morgan fingerprint density at radius 2 is 1.88 bits per heavy atom. The van der Waals surface area contributed by atoms with Crippen molar-refractivity contribution in [2.45, 2.75) is 11.7 Å². The molecule has 2 heterocycles. The molecule has 9 heteroatoms. The van der Waals surface area contributed by atoms with Crippen LogP contribution in [0.25, 0.3) is 21.3 Å². The van der Waals surface area contributed by atoms with Crippen molar-refractivity contribution in [2.75, 3.05) is 11.1 Å². The van der Waals surface area contributed by atoms with E-state index in [1.165, 1.54) is 40.2 Å². The lowest BCUT2D eigenvalue weighted by molar-refractivity contribution is -0.113. The normalized spacial score (nSPS) is 10.8. The number of nitrogens with one attached hydrogen (secondary N) is 1. The molecule has 0 aliphatic heterocycles. The van der Waals surface area contributed by atoms with Crippen molar-refractivity contribution in [2.24, 2.45) is 0 Å². The zero-order valence-corrected chi connectivity index (χ0v) is 19.0. The Hall–Kier alpha value is -3.69. The number of hydrogen-bond donors (Lipinski definition) is 2. The average molecular weight is 478 g/mol. The molecule has 0 aliphatic carbocycles. The third kappa shape index (κ3) is 4.89. The van der Waals surface area contributed by atoms with E-state index in [0.717, 1.165) is 22.9 Å². The smallest absolute Gasteiger partial charge is 0.335 e. The number of rotatable bonds is 8. The van der Waals surface area contributed by atoms with E-state index in [1.807, 2.05) is 35.7 Å². The number of carboxylic acids is 1. The van der Waals surface area contributed by atoms with Crippen LogP contribution < -0.4 is 10.9 Å². The molecular formula is C24H19N3O4S2. The molecular weight excluding hydrogens is 458 g/mol. The van der Waals surface area contributed by atoms with Crippen molar-refractivity contribution in [3.05, 3.63) is 88.5 Å². The number of allylic oxidation sites excluding steroid dienone is 1. The number of benzene rings is 2. The number of carboxylic acid groups (broad SMARTS) is 1. The molecule has 0 spiro atoms. The zero-order valence-electron chi connectivity index (χ0n) is 17.4. The second kappa shape index (κ2) is 9.85. The van der Waals surface area contributed by atoms with Crippen molar-refractivity contribution < 1.29 is 14.7 Å². The van der Waals surface area contributed by atoms with Crippen molar-refractivity contribution in [3.8, 4) is 11.1 Å². The van der Waals surface area contributed by atoms with E-state index in [2.05, 4.69) is 16.9 Å². The van der Waals surface area contributed by atoms with Crippen LogP contribution in [-0.4, -0.2) is 32.3 Å². The highest BCUT2D eigenvalue weighted by molar-refractivity contribution is 7.99. The van der Waals surface area contributed by atoms with E-state index in [9.17, 15) is 14.4 Å². The summed E-state index contributed by atoms with van der Waals surface area (Å²) in [6.45, 7) is 4.01. The predicted octanol–water partition coefficient (Wildman–Crippen LogP) is 4.74. The Labute approximate surface area is 197 Å². The Bertz CT molecular complexity index is 1390. The summed E-state index contributed by atoms with van der Waals surface area (Å²) < 4.78 is 1.52.